The molecule has 3 amide bonds. The molecular formula is C29H32FN5O5S. The minimum Gasteiger partial charge on any atom is -0.454 e. The Labute approximate surface area is 241 Å². The van der Waals surface area contributed by atoms with Gasteiger partial charge < -0.3 is 24.6 Å². The fourth-order valence-corrected chi connectivity index (χ4v) is 5.45. The fraction of sp³-hybridized carbons (Fsp3) is 0.379. The Morgan fingerprint density at radius 1 is 1.05 bits per heavy atom. The first-order chi connectivity index (χ1) is 19.7. The molecule has 10 nitrogen and oxygen atoms in total. The van der Waals surface area contributed by atoms with Gasteiger partial charge in [0.05, 0.1) is 12.1 Å². The van der Waals surface area contributed by atoms with Crippen molar-refractivity contribution in [1.82, 2.24) is 19.7 Å². The summed E-state index contributed by atoms with van der Waals surface area (Å²) in [6, 6.07) is 10.9. The molecular weight excluding hydrogens is 549 g/mol. The van der Waals surface area contributed by atoms with E-state index in [0.29, 0.717) is 29.5 Å². The smallest absolute Gasteiger partial charge is 0.254 e. The van der Waals surface area contributed by atoms with E-state index in [2.05, 4.69) is 15.2 Å². The number of amides is 3. The van der Waals surface area contributed by atoms with Crippen LogP contribution in [-0.4, -0.2) is 83.0 Å². The average molecular weight is 582 g/mol. The molecule has 0 aliphatic carbocycles. The third-order valence-corrected chi connectivity index (χ3v) is 7.79. The van der Waals surface area contributed by atoms with Crippen LogP contribution in [0.5, 0.6) is 11.5 Å². The van der Waals surface area contributed by atoms with Crippen molar-refractivity contribution in [2.75, 3.05) is 44.8 Å². The summed E-state index contributed by atoms with van der Waals surface area (Å²) in [4.78, 5) is 48.5. The maximum atomic E-state index is 13.2. The largest absolute Gasteiger partial charge is 0.454 e. The molecule has 5 rings (SSSR count). The fourth-order valence-electron chi connectivity index (χ4n) is 4.73. The zero-order valence-electron chi connectivity index (χ0n) is 23.0. The second-order valence-electron chi connectivity index (χ2n) is 10.2. The van der Waals surface area contributed by atoms with E-state index in [1.54, 1.807) is 19.2 Å². The first-order valence-corrected chi connectivity index (χ1v) is 14.3. The van der Waals surface area contributed by atoms with Gasteiger partial charge >= 0.3 is 0 Å². The molecule has 0 radical (unpaired) electrons. The minimum atomic E-state index is -0.437. The van der Waals surface area contributed by atoms with Gasteiger partial charge in [-0.2, -0.15) is 0 Å². The van der Waals surface area contributed by atoms with Gasteiger partial charge in [-0.05, 0) is 55.8 Å². The molecule has 2 aliphatic rings. The van der Waals surface area contributed by atoms with E-state index >= 15 is 0 Å². The maximum Gasteiger partial charge on any atom is 0.254 e. The van der Waals surface area contributed by atoms with Crippen LogP contribution in [0.1, 0.15) is 35.5 Å². The van der Waals surface area contributed by atoms with Crippen LogP contribution in [0.4, 0.5) is 9.52 Å². The summed E-state index contributed by atoms with van der Waals surface area (Å²) in [6.07, 6.45) is 0.149. The van der Waals surface area contributed by atoms with Crippen LogP contribution < -0.4 is 14.8 Å². The van der Waals surface area contributed by atoms with E-state index in [0.717, 1.165) is 36.7 Å². The second-order valence-corrected chi connectivity index (χ2v) is 11.1. The number of ether oxygens (including phenoxy) is 2. The molecule has 216 valence electrons. The summed E-state index contributed by atoms with van der Waals surface area (Å²) in [5, 5.41) is 4.85. The first-order valence-electron chi connectivity index (χ1n) is 13.4. The number of hydrogen-bond donors (Lipinski definition) is 1. The molecule has 0 saturated carbocycles. The molecule has 0 atom stereocenters. The van der Waals surface area contributed by atoms with Crippen molar-refractivity contribution in [1.29, 1.82) is 0 Å². The van der Waals surface area contributed by atoms with Gasteiger partial charge in [0.15, 0.2) is 16.6 Å². The monoisotopic (exact) mass is 581 g/mol. The quantitative estimate of drug-likeness (QED) is 0.413. The Balaban J connectivity index is 1.08. The molecule has 1 aromatic heterocycles. The van der Waals surface area contributed by atoms with Crippen LogP contribution in [0, 0.1) is 5.82 Å². The van der Waals surface area contributed by atoms with Crippen molar-refractivity contribution >= 4 is 34.2 Å². The zero-order valence-corrected chi connectivity index (χ0v) is 23.8. The van der Waals surface area contributed by atoms with Crippen LogP contribution in [-0.2, 0) is 22.6 Å². The Bertz CT molecular complexity index is 1400. The lowest BCUT2D eigenvalue weighted by Gasteiger charge is -2.34. The Hall–Kier alpha value is -4.03. The van der Waals surface area contributed by atoms with E-state index in [1.807, 2.05) is 23.1 Å². The van der Waals surface area contributed by atoms with Crippen molar-refractivity contribution in [3.05, 3.63) is 70.5 Å². The number of fused-ring (bicyclic) bond motifs is 1. The highest BCUT2D eigenvalue weighted by Gasteiger charge is 2.24. The first kappa shape index (κ1) is 28.5. The van der Waals surface area contributed by atoms with Crippen LogP contribution in [0.25, 0.3) is 0 Å². The van der Waals surface area contributed by atoms with Crippen molar-refractivity contribution in [3.8, 4) is 11.5 Å². The van der Waals surface area contributed by atoms with E-state index in [4.69, 9.17) is 9.47 Å². The standard InChI is InChI=1S/C29H32FN5O5S/c1-19(2)35(28(38)21-4-6-22(30)7-5-21)16-26(36)32-29-31-23(17-41-29)14-27(37)34-11-9-33(10-12-34)15-20-3-8-24-25(13-20)40-18-39-24/h3-8,13,17,19H,9-12,14-16,18H2,1-2H3,(H,31,32,36). The second kappa shape index (κ2) is 12.6. The highest BCUT2D eigenvalue weighted by molar-refractivity contribution is 7.13. The number of aromatic nitrogens is 1. The lowest BCUT2D eigenvalue weighted by molar-refractivity contribution is -0.132. The number of hydrogen-bond acceptors (Lipinski definition) is 8. The van der Waals surface area contributed by atoms with Gasteiger partial charge in [-0.1, -0.05) is 6.07 Å². The normalized spacial score (nSPS) is 14.8. The van der Waals surface area contributed by atoms with E-state index in [9.17, 15) is 18.8 Å². The summed E-state index contributed by atoms with van der Waals surface area (Å²) in [5.74, 6) is 0.325. The number of halogens is 1. The number of nitrogens with one attached hydrogen (secondary N) is 1. The number of anilines is 1. The third kappa shape index (κ3) is 7.19. The number of piperazine rings is 1. The predicted molar refractivity (Wildman–Crippen MR) is 151 cm³/mol. The molecule has 0 bridgehead atoms. The van der Waals surface area contributed by atoms with Crippen molar-refractivity contribution in [2.45, 2.75) is 32.9 Å². The zero-order chi connectivity index (χ0) is 28.9. The lowest BCUT2D eigenvalue weighted by atomic mass is 10.1. The van der Waals surface area contributed by atoms with Gasteiger partial charge in [0, 0.05) is 49.7 Å². The van der Waals surface area contributed by atoms with Gasteiger partial charge in [-0.15, -0.1) is 11.3 Å². The summed E-state index contributed by atoms with van der Waals surface area (Å²) < 4.78 is 24.1. The predicted octanol–water partition coefficient (Wildman–Crippen LogP) is 3.39. The van der Waals surface area contributed by atoms with Crippen LogP contribution in [0.2, 0.25) is 0 Å². The maximum absolute atomic E-state index is 13.2. The Morgan fingerprint density at radius 2 is 1.78 bits per heavy atom. The van der Waals surface area contributed by atoms with Gasteiger partial charge in [-0.25, -0.2) is 9.37 Å². The molecule has 1 fully saturated rings. The molecule has 2 aliphatic heterocycles. The summed E-state index contributed by atoms with van der Waals surface area (Å²) in [6.45, 7) is 7.24. The average Bonchev–Trinajstić information content (AvgIpc) is 3.61. The highest BCUT2D eigenvalue weighted by Crippen LogP contribution is 2.33. The number of thiazole rings is 1. The molecule has 41 heavy (non-hydrogen) atoms. The molecule has 2 aromatic carbocycles. The molecule has 0 spiro atoms. The van der Waals surface area contributed by atoms with Crippen LogP contribution >= 0.6 is 11.3 Å². The SMILES string of the molecule is CC(C)N(CC(=O)Nc1nc(CC(=O)N2CCN(Cc3ccc4c(c3)OCO4)CC2)cs1)C(=O)c1ccc(F)cc1. The number of carbonyl (C=O) groups is 3. The van der Waals surface area contributed by atoms with E-state index in [-0.39, 0.29) is 37.6 Å². The lowest BCUT2D eigenvalue weighted by Crippen LogP contribution is -2.48. The van der Waals surface area contributed by atoms with E-state index < -0.39 is 11.7 Å². The minimum absolute atomic E-state index is 0.00761. The highest BCUT2D eigenvalue weighted by atomic mass is 32.1. The van der Waals surface area contributed by atoms with E-state index in [1.165, 1.54) is 40.5 Å². The molecule has 3 heterocycles. The number of rotatable bonds is 9. The van der Waals surface area contributed by atoms with Crippen molar-refractivity contribution in [2.24, 2.45) is 0 Å². The Kier molecular flexibility index (Phi) is 8.79. The van der Waals surface area contributed by atoms with Crippen molar-refractivity contribution < 1.29 is 28.2 Å². The molecule has 3 aromatic rings. The van der Waals surface area contributed by atoms with Crippen molar-refractivity contribution in [3.63, 3.8) is 0 Å². The third-order valence-electron chi connectivity index (χ3n) is 6.99. The number of nitrogens with zero attached hydrogens (tertiary/aromatic N) is 4. The Morgan fingerprint density at radius 3 is 2.51 bits per heavy atom. The molecule has 0 unspecified atom stereocenters. The number of carbonyl (C=O) groups excluding carboxylic acids is 3. The molecule has 1 saturated heterocycles. The van der Waals surface area contributed by atoms with Gasteiger partial charge in [0.25, 0.3) is 5.91 Å². The number of benzene rings is 2. The summed E-state index contributed by atoms with van der Waals surface area (Å²) in [7, 11) is 0. The summed E-state index contributed by atoms with van der Waals surface area (Å²) >= 11 is 1.23. The molecule has 12 heteroatoms. The van der Waals surface area contributed by atoms with Gasteiger partial charge in [-0.3, -0.25) is 19.3 Å². The van der Waals surface area contributed by atoms with Gasteiger partial charge in [0.1, 0.15) is 12.4 Å². The topological polar surface area (TPSA) is 104 Å². The summed E-state index contributed by atoms with van der Waals surface area (Å²) in [5.41, 5.74) is 2.03. The van der Waals surface area contributed by atoms with Crippen LogP contribution in [0.3, 0.4) is 0 Å². The van der Waals surface area contributed by atoms with Crippen LogP contribution in [0.15, 0.2) is 47.8 Å². The molecule has 1 N–H and O–H groups in total. The van der Waals surface area contributed by atoms with Gasteiger partial charge in [0.2, 0.25) is 18.6 Å².